The van der Waals surface area contributed by atoms with Gasteiger partial charge in [-0.3, -0.25) is 4.79 Å². The maximum Gasteiger partial charge on any atom is 0.284 e. The third-order valence-corrected chi connectivity index (χ3v) is 5.48. The topological polar surface area (TPSA) is 36.9 Å². The third-order valence-electron chi connectivity index (χ3n) is 5.48. The van der Waals surface area contributed by atoms with Crippen LogP contribution in [0.5, 0.6) is 0 Å². The second-order valence-corrected chi connectivity index (χ2v) is 7.05. The van der Waals surface area contributed by atoms with Gasteiger partial charge >= 0.3 is 0 Å². The molecular formula is C21H25N2O+. The van der Waals surface area contributed by atoms with Crippen molar-refractivity contribution in [1.29, 1.82) is 0 Å². The SMILES string of the molecule is C[C@@H]([NH2+][C@H]1CCCc2ccccc21)C(=O)N1CCc2ccccc21. The van der Waals surface area contributed by atoms with Crippen LogP contribution in [0.3, 0.4) is 0 Å². The predicted octanol–water partition coefficient (Wildman–Crippen LogP) is 2.61. The number of nitrogens with two attached hydrogens (primary N) is 1. The first kappa shape index (κ1) is 15.4. The molecule has 2 N–H and O–H groups in total. The normalized spacial score (nSPS) is 20.4. The molecule has 0 aromatic heterocycles. The van der Waals surface area contributed by atoms with Crippen molar-refractivity contribution < 1.29 is 10.1 Å². The molecule has 0 radical (unpaired) electrons. The van der Waals surface area contributed by atoms with Crippen molar-refractivity contribution in [1.82, 2.24) is 0 Å². The number of para-hydroxylation sites is 1. The fourth-order valence-corrected chi connectivity index (χ4v) is 4.24. The second kappa shape index (κ2) is 6.40. The van der Waals surface area contributed by atoms with E-state index in [4.69, 9.17) is 0 Å². The molecule has 3 nitrogen and oxygen atoms in total. The van der Waals surface area contributed by atoms with Crippen LogP contribution in [-0.2, 0) is 17.6 Å². The van der Waals surface area contributed by atoms with Gasteiger partial charge in [-0.25, -0.2) is 0 Å². The second-order valence-electron chi connectivity index (χ2n) is 7.05. The van der Waals surface area contributed by atoms with Crippen molar-refractivity contribution >= 4 is 11.6 Å². The number of hydrogen-bond donors (Lipinski definition) is 1. The first-order valence-electron chi connectivity index (χ1n) is 9.06. The molecule has 0 bridgehead atoms. The summed E-state index contributed by atoms with van der Waals surface area (Å²) in [5, 5.41) is 2.28. The summed E-state index contributed by atoms with van der Waals surface area (Å²) in [6, 6.07) is 17.4. The van der Waals surface area contributed by atoms with Gasteiger partial charge in [-0.1, -0.05) is 42.5 Å². The van der Waals surface area contributed by atoms with E-state index < -0.39 is 0 Å². The van der Waals surface area contributed by atoms with Crippen LogP contribution in [0.15, 0.2) is 48.5 Å². The summed E-state index contributed by atoms with van der Waals surface area (Å²) in [6.45, 7) is 2.87. The summed E-state index contributed by atoms with van der Waals surface area (Å²) in [6.07, 6.45) is 4.51. The lowest BCUT2D eigenvalue weighted by molar-refractivity contribution is -0.714. The highest BCUT2D eigenvalue weighted by Crippen LogP contribution is 2.29. The van der Waals surface area contributed by atoms with Crippen LogP contribution in [0.4, 0.5) is 5.69 Å². The molecule has 1 aliphatic carbocycles. The maximum atomic E-state index is 13.0. The van der Waals surface area contributed by atoms with Gasteiger partial charge < -0.3 is 10.2 Å². The van der Waals surface area contributed by atoms with E-state index in [1.807, 2.05) is 11.0 Å². The zero-order valence-electron chi connectivity index (χ0n) is 14.2. The van der Waals surface area contributed by atoms with Crippen LogP contribution < -0.4 is 10.2 Å². The number of carbonyl (C=O) groups excluding carboxylic acids is 1. The Morgan fingerprint density at radius 3 is 2.71 bits per heavy atom. The molecule has 1 amide bonds. The molecule has 0 saturated carbocycles. The van der Waals surface area contributed by atoms with Crippen molar-refractivity contribution in [2.24, 2.45) is 0 Å². The van der Waals surface area contributed by atoms with E-state index in [2.05, 4.69) is 54.7 Å². The Hall–Kier alpha value is -2.13. The fraction of sp³-hybridized carbons (Fsp3) is 0.381. The minimum atomic E-state index is -0.0488. The van der Waals surface area contributed by atoms with E-state index in [-0.39, 0.29) is 11.9 Å². The number of aryl methyl sites for hydroxylation is 1. The summed E-state index contributed by atoms with van der Waals surface area (Å²) in [5.41, 5.74) is 5.27. The number of nitrogens with zero attached hydrogens (tertiary/aromatic N) is 1. The first-order chi connectivity index (χ1) is 11.7. The molecule has 2 aliphatic rings. The van der Waals surface area contributed by atoms with Crippen molar-refractivity contribution in [3.63, 3.8) is 0 Å². The highest BCUT2D eigenvalue weighted by Gasteiger charge is 2.32. The van der Waals surface area contributed by atoms with Crippen molar-refractivity contribution in [2.75, 3.05) is 11.4 Å². The average molecular weight is 321 g/mol. The molecule has 2 aromatic rings. The molecule has 0 saturated heterocycles. The number of amides is 1. The van der Waals surface area contributed by atoms with E-state index >= 15 is 0 Å². The molecule has 0 unspecified atom stereocenters. The number of rotatable bonds is 3. The third kappa shape index (κ3) is 2.73. The van der Waals surface area contributed by atoms with Gasteiger partial charge in [0.25, 0.3) is 5.91 Å². The Balaban J connectivity index is 1.50. The monoisotopic (exact) mass is 321 g/mol. The lowest BCUT2D eigenvalue weighted by Gasteiger charge is -2.27. The van der Waals surface area contributed by atoms with Gasteiger partial charge in [-0.2, -0.15) is 0 Å². The zero-order valence-corrected chi connectivity index (χ0v) is 14.2. The van der Waals surface area contributed by atoms with E-state index in [9.17, 15) is 4.79 Å². The summed E-state index contributed by atoms with van der Waals surface area (Å²) >= 11 is 0. The summed E-state index contributed by atoms with van der Waals surface area (Å²) in [4.78, 5) is 15.0. The highest BCUT2D eigenvalue weighted by molar-refractivity contribution is 5.97. The fourth-order valence-electron chi connectivity index (χ4n) is 4.24. The van der Waals surface area contributed by atoms with Gasteiger partial charge in [0, 0.05) is 24.2 Å². The Morgan fingerprint density at radius 2 is 1.83 bits per heavy atom. The molecule has 1 heterocycles. The van der Waals surface area contributed by atoms with Gasteiger partial charge in [0.1, 0.15) is 6.04 Å². The number of fused-ring (bicyclic) bond motifs is 2. The highest BCUT2D eigenvalue weighted by atomic mass is 16.2. The number of hydrogen-bond acceptors (Lipinski definition) is 1. The lowest BCUT2D eigenvalue weighted by Crippen LogP contribution is -2.93. The van der Waals surface area contributed by atoms with E-state index in [1.54, 1.807) is 0 Å². The Bertz CT molecular complexity index is 755. The van der Waals surface area contributed by atoms with Crippen molar-refractivity contribution in [3.8, 4) is 0 Å². The minimum absolute atomic E-state index is 0.0488. The minimum Gasteiger partial charge on any atom is -0.330 e. The molecule has 24 heavy (non-hydrogen) atoms. The van der Waals surface area contributed by atoms with Crippen LogP contribution in [0, 0.1) is 0 Å². The summed E-state index contributed by atoms with van der Waals surface area (Å²) in [7, 11) is 0. The molecular weight excluding hydrogens is 296 g/mol. The van der Waals surface area contributed by atoms with Crippen molar-refractivity contribution in [3.05, 3.63) is 65.2 Å². The number of carbonyl (C=O) groups is 1. The quantitative estimate of drug-likeness (QED) is 0.927. The number of quaternary nitrogens is 1. The Labute approximate surface area is 143 Å². The van der Waals surface area contributed by atoms with Crippen LogP contribution >= 0.6 is 0 Å². The Kier molecular flexibility index (Phi) is 4.11. The van der Waals surface area contributed by atoms with Gasteiger partial charge in [0.15, 0.2) is 6.04 Å². The largest absolute Gasteiger partial charge is 0.330 e. The average Bonchev–Trinajstić information content (AvgIpc) is 3.05. The molecule has 1 aliphatic heterocycles. The smallest absolute Gasteiger partial charge is 0.284 e. The first-order valence-corrected chi connectivity index (χ1v) is 9.06. The number of benzene rings is 2. The predicted molar refractivity (Wildman–Crippen MR) is 96.0 cm³/mol. The summed E-state index contributed by atoms with van der Waals surface area (Å²) < 4.78 is 0. The van der Waals surface area contributed by atoms with E-state index in [1.165, 1.54) is 29.5 Å². The van der Waals surface area contributed by atoms with Gasteiger partial charge in [-0.05, 0) is 43.4 Å². The molecule has 4 rings (SSSR count). The molecule has 0 fully saturated rings. The Morgan fingerprint density at radius 1 is 1.08 bits per heavy atom. The zero-order chi connectivity index (χ0) is 16.5. The molecule has 0 spiro atoms. The van der Waals surface area contributed by atoms with Gasteiger partial charge in [0.05, 0.1) is 0 Å². The maximum absolute atomic E-state index is 13.0. The van der Waals surface area contributed by atoms with Crippen molar-refractivity contribution in [2.45, 2.75) is 44.7 Å². The molecule has 124 valence electrons. The molecule has 3 heteroatoms. The summed E-state index contributed by atoms with van der Waals surface area (Å²) in [5.74, 6) is 0.239. The van der Waals surface area contributed by atoms with E-state index in [0.717, 1.165) is 25.1 Å². The molecule has 2 aromatic carbocycles. The lowest BCUT2D eigenvalue weighted by atomic mass is 9.87. The van der Waals surface area contributed by atoms with Crippen LogP contribution in [0.1, 0.15) is 42.5 Å². The molecule has 2 atom stereocenters. The van der Waals surface area contributed by atoms with Crippen LogP contribution in [0.25, 0.3) is 0 Å². The van der Waals surface area contributed by atoms with Crippen LogP contribution in [-0.4, -0.2) is 18.5 Å². The van der Waals surface area contributed by atoms with Gasteiger partial charge in [-0.15, -0.1) is 0 Å². The standard InChI is InChI=1S/C21H24N2O/c1-15(21(24)23-14-13-17-8-3-5-12-20(17)23)22-19-11-6-9-16-7-2-4-10-18(16)19/h2-5,7-8,10,12,15,19,22H,6,9,11,13-14H2,1H3/p+1/t15-,19+/m1/s1. The van der Waals surface area contributed by atoms with E-state index in [0.29, 0.717) is 6.04 Å². The van der Waals surface area contributed by atoms with Crippen LogP contribution in [0.2, 0.25) is 0 Å². The van der Waals surface area contributed by atoms with Gasteiger partial charge in [0.2, 0.25) is 0 Å². The number of anilines is 1.